The van der Waals surface area contributed by atoms with Crippen LogP contribution in [0.25, 0.3) is 0 Å². The van der Waals surface area contributed by atoms with Crippen molar-refractivity contribution in [2.75, 3.05) is 18.8 Å². The minimum atomic E-state index is -0.958. The number of nitrogens with zero attached hydrogens (tertiary/aromatic N) is 2. The standard InChI is InChI=1S/C14H22N2O4S/c1-9(8-21)12(17)15-6-2-4-10(15)13(18)16-7-3-5-11(16)14(19)20/h9-11,21H,2-8H2,1H3,(H,19,20)/t9-,10+,11+/m1/s1. The Hall–Kier alpha value is -1.24. The Morgan fingerprint density at radius 2 is 1.71 bits per heavy atom. The van der Waals surface area contributed by atoms with E-state index in [1.54, 1.807) is 11.8 Å². The molecule has 0 aliphatic carbocycles. The predicted octanol–water partition coefficient (Wildman–Crippen LogP) is 0.619. The summed E-state index contributed by atoms with van der Waals surface area (Å²) in [7, 11) is 0. The molecule has 2 fully saturated rings. The molecule has 6 nitrogen and oxygen atoms in total. The summed E-state index contributed by atoms with van der Waals surface area (Å²) in [5, 5.41) is 9.19. The zero-order chi connectivity index (χ0) is 15.6. The number of carbonyl (C=O) groups is 3. The van der Waals surface area contributed by atoms with E-state index >= 15 is 0 Å². The summed E-state index contributed by atoms with van der Waals surface area (Å²) in [5.74, 6) is -1.02. The van der Waals surface area contributed by atoms with Gasteiger partial charge in [0.2, 0.25) is 11.8 Å². The molecule has 1 N–H and O–H groups in total. The van der Waals surface area contributed by atoms with E-state index < -0.39 is 18.1 Å². The maximum atomic E-state index is 12.6. The fraction of sp³-hybridized carbons (Fsp3) is 0.786. The third kappa shape index (κ3) is 3.17. The molecule has 2 amide bonds. The minimum Gasteiger partial charge on any atom is -0.480 e. The zero-order valence-electron chi connectivity index (χ0n) is 12.2. The average Bonchev–Trinajstić information content (AvgIpc) is 3.13. The summed E-state index contributed by atoms with van der Waals surface area (Å²) < 4.78 is 0. The second-order valence-corrected chi connectivity index (χ2v) is 6.17. The summed E-state index contributed by atoms with van der Waals surface area (Å²) in [5.41, 5.74) is 0. The molecule has 0 saturated carbocycles. The molecule has 21 heavy (non-hydrogen) atoms. The highest BCUT2D eigenvalue weighted by molar-refractivity contribution is 7.80. The van der Waals surface area contributed by atoms with Crippen LogP contribution in [-0.2, 0) is 14.4 Å². The van der Waals surface area contributed by atoms with Gasteiger partial charge in [-0.05, 0) is 25.7 Å². The molecule has 0 spiro atoms. The third-order valence-electron chi connectivity index (χ3n) is 4.34. The Balaban J connectivity index is 2.10. The number of carbonyl (C=O) groups excluding carboxylic acids is 2. The van der Waals surface area contributed by atoms with Gasteiger partial charge in [-0.1, -0.05) is 6.92 Å². The maximum absolute atomic E-state index is 12.6. The van der Waals surface area contributed by atoms with Crippen molar-refractivity contribution in [3.05, 3.63) is 0 Å². The van der Waals surface area contributed by atoms with Crippen LogP contribution >= 0.6 is 12.6 Å². The van der Waals surface area contributed by atoms with E-state index in [0.717, 1.165) is 6.42 Å². The van der Waals surface area contributed by atoms with Crippen LogP contribution in [-0.4, -0.2) is 63.6 Å². The number of carboxylic acid groups (broad SMARTS) is 1. The Labute approximate surface area is 129 Å². The normalized spacial score (nSPS) is 27.0. The lowest BCUT2D eigenvalue weighted by molar-refractivity contribution is -0.152. The van der Waals surface area contributed by atoms with Crippen LogP contribution in [0.1, 0.15) is 32.6 Å². The molecule has 0 aromatic heterocycles. The fourth-order valence-electron chi connectivity index (χ4n) is 3.13. The SMILES string of the molecule is C[C@H](CS)C(=O)N1CCC[C@H]1C(=O)N1CCC[C@H]1C(=O)O. The van der Waals surface area contributed by atoms with E-state index in [1.807, 2.05) is 0 Å². The summed E-state index contributed by atoms with van der Waals surface area (Å²) in [6.07, 6.45) is 2.60. The number of hydrogen-bond acceptors (Lipinski definition) is 4. The van der Waals surface area contributed by atoms with Crippen LogP contribution < -0.4 is 0 Å². The molecule has 0 bridgehead atoms. The summed E-state index contributed by atoms with van der Waals surface area (Å²) in [4.78, 5) is 39.2. The molecule has 0 aromatic rings. The highest BCUT2D eigenvalue weighted by atomic mass is 32.1. The number of hydrogen-bond donors (Lipinski definition) is 2. The van der Waals surface area contributed by atoms with Gasteiger partial charge < -0.3 is 14.9 Å². The third-order valence-corrected chi connectivity index (χ3v) is 4.89. The van der Waals surface area contributed by atoms with Gasteiger partial charge in [0, 0.05) is 24.8 Å². The van der Waals surface area contributed by atoms with Crippen molar-refractivity contribution in [1.82, 2.24) is 9.80 Å². The molecular formula is C14H22N2O4S. The first kappa shape index (κ1) is 16.1. The van der Waals surface area contributed by atoms with Crippen LogP contribution in [0, 0.1) is 5.92 Å². The maximum Gasteiger partial charge on any atom is 0.326 e. The molecule has 0 radical (unpaired) electrons. The Morgan fingerprint density at radius 1 is 1.14 bits per heavy atom. The van der Waals surface area contributed by atoms with Crippen molar-refractivity contribution in [3.63, 3.8) is 0 Å². The Bertz CT molecular complexity index is 443. The second kappa shape index (κ2) is 6.68. The van der Waals surface area contributed by atoms with Gasteiger partial charge in [-0.25, -0.2) is 4.79 Å². The van der Waals surface area contributed by atoms with E-state index in [0.29, 0.717) is 38.1 Å². The van der Waals surface area contributed by atoms with Gasteiger partial charge in [-0.2, -0.15) is 12.6 Å². The van der Waals surface area contributed by atoms with E-state index in [-0.39, 0.29) is 17.7 Å². The zero-order valence-corrected chi connectivity index (χ0v) is 13.1. The van der Waals surface area contributed by atoms with Crippen LogP contribution in [0.3, 0.4) is 0 Å². The van der Waals surface area contributed by atoms with Crippen LogP contribution in [0.5, 0.6) is 0 Å². The monoisotopic (exact) mass is 314 g/mol. The second-order valence-electron chi connectivity index (χ2n) is 5.80. The van der Waals surface area contributed by atoms with Gasteiger partial charge in [0.15, 0.2) is 0 Å². The molecule has 2 aliphatic rings. The molecule has 3 atom stereocenters. The average molecular weight is 314 g/mol. The lowest BCUT2D eigenvalue weighted by atomic mass is 10.1. The number of amides is 2. The van der Waals surface area contributed by atoms with Gasteiger partial charge in [-0.3, -0.25) is 9.59 Å². The van der Waals surface area contributed by atoms with Crippen molar-refractivity contribution in [2.45, 2.75) is 44.7 Å². The summed E-state index contributed by atoms with van der Waals surface area (Å²) in [6.45, 7) is 2.83. The Morgan fingerprint density at radius 3 is 2.29 bits per heavy atom. The van der Waals surface area contributed by atoms with E-state index in [1.165, 1.54) is 4.90 Å². The smallest absolute Gasteiger partial charge is 0.326 e. The first-order valence-electron chi connectivity index (χ1n) is 7.42. The predicted molar refractivity (Wildman–Crippen MR) is 80.1 cm³/mol. The first-order chi connectivity index (χ1) is 9.97. The van der Waals surface area contributed by atoms with E-state index in [4.69, 9.17) is 0 Å². The van der Waals surface area contributed by atoms with Crippen molar-refractivity contribution in [1.29, 1.82) is 0 Å². The summed E-state index contributed by atoms with van der Waals surface area (Å²) >= 11 is 4.14. The molecular weight excluding hydrogens is 292 g/mol. The lowest BCUT2D eigenvalue weighted by Crippen LogP contribution is -2.51. The number of thiol groups is 1. The molecule has 7 heteroatoms. The fourth-order valence-corrected chi connectivity index (χ4v) is 3.28. The van der Waals surface area contributed by atoms with Crippen molar-refractivity contribution in [2.24, 2.45) is 5.92 Å². The van der Waals surface area contributed by atoms with Crippen LogP contribution in [0.2, 0.25) is 0 Å². The van der Waals surface area contributed by atoms with Crippen molar-refractivity contribution >= 4 is 30.4 Å². The number of likely N-dealkylation sites (tertiary alicyclic amines) is 2. The van der Waals surface area contributed by atoms with Gasteiger partial charge in [0.25, 0.3) is 0 Å². The van der Waals surface area contributed by atoms with Crippen molar-refractivity contribution in [3.8, 4) is 0 Å². The Kier molecular flexibility index (Phi) is 5.13. The molecule has 2 rings (SSSR count). The van der Waals surface area contributed by atoms with Gasteiger partial charge in [0.05, 0.1) is 0 Å². The molecule has 0 unspecified atom stereocenters. The molecule has 0 aromatic carbocycles. The van der Waals surface area contributed by atoms with E-state index in [2.05, 4.69) is 12.6 Å². The molecule has 2 heterocycles. The van der Waals surface area contributed by atoms with Gasteiger partial charge >= 0.3 is 5.97 Å². The van der Waals surface area contributed by atoms with Crippen molar-refractivity contribution < 1.29 is 19.5 Å². The largest absolute Gasteiger partial charge is 0.480 e. The summed E-state index contributed by atoms with van der Waals surface area (Å²) in [6, 6.07) is -1.24. The lowest BCUT2D eigenvalue weighted by Gasteiger charge is -2.31. The number of rotatable bonds is 4. The van der Waals surface area contributed by atoms with Crippen LogP contribution in [0.15, 0.2) is 0 Å². The topological polar surface area (TPSA) is 77.9 Å². The first-order valence-corrected chi connectivity index (χ1v) is 8.05. The highest BCUT2D eigenvalue weighted by Gasteiger charge is 2.42. The molecule has 2 aliphatic heterocycles. The highest BCUT2D eigenvalue weighted by Crippen LogP contribution is 2.26. The molecule has 118 valence electrons. The van der Waals surface area contributed by atoms with Crippen LogP contribution in [0.4, 0.5) is 0 Å². The number of aliphatic carboxylic acids is 1. The van der Waals surface area contributed by atoms with Gasteiger partial charge in [0.1, 0.15) is 12.1 Å². The molecule has 2 saturated heterocycles. The van der Waals surface area contributed by atoms with E-state index in [9.17, 15) is 19.5 Å². The quantitative estimate of drug-likeness (QED) is 0.746. The number of carboxylic acids is 1. The minimum absolute atomic E-state index is 0.0630. The van der Waals surface area contributed by atoms with Gasteiger partial charge in [-0.15, -0.1) is 0 Å².